The molecular formula is C22H25N3O2. The summed E-state index contributed by atoms with van der Waals surface area (Å²) in [5, 5.41) is 3.10. The Morgan fingerprint density at radius 2 is 1.81 bits per heavy atom. The van der Waals surface area contributed by atoms with Gasteiger partial charge in [-0.25, -0.2) is 0 Å². The van der Waals surface area contributed by atoms with Crippen LogP contribution in [0.25, 0.3) is 0 Å². The van der Waals surface area contributed by atoms with Crippen molar-refractivity contribution in [3.63, 3.8) is 0 Å². The lowest BCUT2D eigenvalue weighted by Gasteiger charge is -2.18. The monoisotopic (exact) mass is 363 g/mol. The average Bonchev–Trinajstić information content (AvgIpc) is 2.97. The van der Waals surface area contributed by atoms with Crippen LogP contribution in [0.5, 0.6) is 0 Å². The zero-order chi connectivity index (χ0) is 18.6. The van der Waals surface area contributed by atoms with Crippen LogP contribution in [0.2, 0.25) is 0 Å². The van der Waals surface area contributed by atoms with E-state index in [1.54, 1.807) is 23.2 Å². The van der Waals surface area contributed by atoms with Gasteiger partial charge in [-0.2, -0.15) is 0 Å². The highest BCUT2D eigenvalue weighted by Crippen LogP contribution is 2.28. The van der Waals surface area contributed by atoms with E-state index >= 15 is 0 Å². The first-order valence-corrected chi connectivity index (χ1v) is 9.89. The molecule has 1 aromatic heterocycles. The minimum atomic E-state index is -0.182. The summed E-state index contributed by atoms with van der Waals surface area (Å²) in [5.41, 5.74) is 2.97. The van der Waals surface area contributed by atoms with Crippen LogP contribution >= 0.6 is 0 Å². The van der Waals surface area contributed by atoms with Gasteiger partial charge >= 0.3 is 0 Å². The third kappa shape index (κ3) is 3.87. The van der Waals surface area contributed by atoms with E-state index in [4.69, 9.17) is 0 Å². The first kappa shape index (κ1) is 17.7. The van der Waals surface area contributed by atoms with Gasteiger partial charge in [0.2, 0.25) is 0 Å². The van der Waals surface area contributed by atoms with Gasteiger partial charge in [-0.1, -0.05) is 43.9 Å². The zero-order valence-corrected chi connectivity index (χ0v) is 15.5. The van der Waals surface area contributed by atoms with Gasteiger partial charge in [0.05, 0.1) is 0 Å². The van der Waals surface area contributed by atoms with E-state index in [1.165, 1.54) is 18.4 Å². The fourth-order valence-electron chi connectivity index (χ4n) is 4.08. The number of nitrogens with zero attached hydrogens (tertiary/aromatic N) is 2. The molecule has 0 atom stereocenters. The summed E-state index contributed by atoms with van der Waals surface area (Å²) in [6.45, 7) is 0.671. The van der Waals surface area contributed by atoms with Gasteiger partial charge < -0.3 is 10.2 Å². The molecule has 1 N–H and O–H groups in total. The summed E-state index contributed by atoms with van der Waals surface area (Å²) >= 11 is 0. The summed E-state index contributed by atoms with van der Waals surface area (Å²) in [5.74, 6) is -0.260. The Bertz CT molecular complexity index is 841. The van der Waals surface area contributed by atoms with Crippen molar-refractivity contribution in [2.24, 2.45) is 0 Å². The highest BCUT2D eigenvalue weighted by molar-refractivity contribution is 6.08. The number of para-hydroxylation sites is 1. The first-order chi connectivity index (χ1) is 13.2. The van der Waals surface area contributed by atoms with Crippen LogP contribution < -0.4 is 10.2 Å². The van der Waals surface area contributed by atoms with Gasteiger partial charge in [0.25, 0.3) is 11.8 Å². The third-order valence-corrected chi connectivity index (χ3v) is 5.56. The van der Waals surface area contributed by atoms with Gasteiger partial charge in [0, 0.05) is 30.0 Å². The van der Waals surface area contributed by atoms with Crippen molar-refractivity contribution in [2.75, 3.05) is 11.4 Å². The van der Waals surface area contributed by atoms with Crippen LogP contribution in [0.1, 0.15) is 64.9 Å². The smallest absolute Gasteiger partial charge is 0.270 e. The van der Waals surface area contributed by atoms with Gasteiger partial charge in [-0.15, -0.1) is 0 Å². The average molecular weight is 363 g/mol. The molecular weight excluding hydrogens is 338 g/mol. The Hall–Kier alpha value is -2.69. The number of fused-ring (bicyclic) bond motifs is 1. The maximum absolute atomic E-state index is 13.0. The fourth-order valence-corrected chi connectivity index (χ4v) is 4.08. The van der Waals surface area contributed by atoms with Gasteiger partial charge in [-0.3, -0.25) is 14.6 Å². The topological polar surface area (TPSA) is 62.3 Å². The van der Waals surface area contributed by atoms with E-state index < -0.39 is 0 Å². The lowest BCUT2D eigenvalue weighted by molar-refractivity contribution is 0.0928. The molecule has 5 nitrogen and oxygen atoms in total. The molecule has 4 rings (SSSR count). The molecule has 5 heteroatoms. The lowest BCUT2D eigenvalue weighted by Crippen LogP contribution is -2.35. The van der Waals surface area contributed by atoms with Gasteiger partial charge in [0.1, 0.15) is 5.69 Å². The molecule has 0 spiro atoms. The summed E-state index contributed by atoms with van der Waals surface area (Å²) in [6.07, 6.45) is 9.26. The number of hydrogen-bond donors (Lipinski definition) is 1. The van der Waals surface area contributed by atoms with E-state index in [-0.39, 0.29) is 17.9 Å². The van der Waals surface area contributed by atoms with Crippen LogP contribution in [0, 0.1) is 0 Å². The van der Waals surface area contributed by atoms with E-state index in [2.05, 4.69) is 16.4 Å². The molecule has 1 fully saturated rings. The second-order valence-electron chi connectivity index (χ2n) is 7.43. The molecule has 140 valence electrons. The number of amides is 2. The zero-order valence-electron chi connectivity index (χ0n) is 15.5. The van der Waals surface area contributed by atoms with Crippen LogP contribution in [-0.2, 0) is 6.42 Å². The Morgan fingerprint density at radius 1 is 1.04 bits per heavy atom. The highest BCUT2D eigenvalue weighted by Gasteiger charge is 2.26. The maximum Gasteiger partial charge on any atom is 0.270 e. The summed E-state index contributed by atoms with van der Waals surface area (Å²) < 4.78 is 0. The molecule has 2 amide bonds. The summed E-state index contributed by atoms with van der Waals surface area (Å²) in [4.78, 5) is 31.6. The number of anilines is 1. The quantitative estimate of drug-likeness (QED) is 0.845. The van der Waals surface area contributed by atoms with Crippen LogP contribution in [-0.4, -0.2) is 29.4 Å². The Morgan fingerprint density at radius 3 is 2.63 bits per heavy atom. The van der Waals surface area contributed by atoms with E-state index in [0.29, 0.717) is 17.8 Å². The first-order valence-electron chi connectivity index (χ1n) is 9.89. The fraction of sp³-hybridized carbons (Fsp3) is 0.409. The van der Waals surface area contributed by atoms with Crippen LogP contribution in [0.15, 0.2) is 42.6 Å². The standard InChI is InChI=1S/C22H25N3O2/c26-21(24-18-8-3-1-2-4-9-18)19-15-17(11-13-23-19)22(27)25-14-12-16-7-5-6-10-20(16)25/h5-7,10-11,13,15,18H,1-4,8-9,12,14H2,(H,24,26). The van der Waals surface area contributed by atoms with E-state index in [1.807, 2.05) is 18.2 Å². The molecule has 0 saturated heterocycles. The minimum absolute atomic E-state index is 0.0779. The number of hydrogen-bond acceptors (Lipinski definition) is 3. The highest BCUT2D eigenvalue weighted by atomic mass is 16.2. The second-order valence-corrected chi connectivity index (χ2v) is 7.43. The summed E-state index contributed by atoms with van der Waals surface area (Å²) in [7, 11) is 0. The second kappa shape index (κ2) is 7.91. The molecule has 2 aliphatic rings. The number of carbonyl (C=O) groups excluding carboxylic acids is 2. The Kier molecular flexibility index (Phi) is 5.19. The number of pyridine rings is 1. The Balaban J connectivity index is 1.49. The molecule has 1 aliphatic heterocycles. The van der Waals surface area contributed by atoms with Crippen molar-refractivity contribution in [2.45, 2.75) is 51.0 Å². The number of nitrogens with one attached hydrogen (secondary N) is 1. The lowest BCUT2D eigenvalue weighted by atomic mass is 10.1. The van der Waals surface area contributed by atoms with Crippen molar-refractivity contribution >= 4 is 17.5 Å². The molecule has 2 aromatic rings. The van der Waals surface area contributed by atoms with Gasteiger partial charge in [0.15, 0.2) is 0 Å². The van der Waals surface area contributed by atoms with E-state index in [9.17, 15) is 9.59 Å². The summed E-state index contributed by atoms with van der Waals surface area (Å²) in [6, 6.07) is 11.5. The molecule has 0 unspecified atom stereocenters. The molecule has 1 aromatic carbocycles. The minimum Gasteiger partial charge on any atom is -0.348 e. The predicted octanol–water partition coefficient (Wildman–Crippen LogP) is 3.74. The molecule has 1 aliphatic carbocycles. The largest absolute Gasteiger partial charge is 0.348 e. The van der Waals surface area contributed by atoms with Crippen molar-refractivity contribution in [1.82, 2.24) is 10.3 Å². The van der Waals surface area contributed by atoms with Crippen molar-refractivity contribution < 1.29 is 9.59 Å². The number of benzene rings is 1. The van der Waals surface area contributed by atoms with Crippen molar-refractivity contribution in [1.29, 1.82) is 0 Å². The SMILES string of the molecule is O=C(NC1CCCCCC1)c1cc(C(=O)N2CCc3ccccc32)ccn1. The number of rotatable bonds is 3. The maximum atomic E-state index is 13.0. The van der Waals surface area contributed by atoms with Crippen LogP contribution in [0.3, 0.4) is 0 Å². The molecule has 0 bridgehead atoms. The third-order valence-electron chi connectivity index (χ3n) is 5.56. The van der Waals surface area contributed by atoms with Crippen LogP contribution in [0.4, 0.5) is 5.69 Å². The number of carbonyl (C=O) groups is 2. The van der Waals surface area contributed by atoms with Gasteiger partial charge in [-0.05, 0) is 43.0 Å². The Labute approximate surface area is 159 Å². The van der Waals surface area contributed by atoms with Crippen molar-refractivity contribution in [3.05, 3.63) is 59.4 Å². The normalized spacial score (nSPS) is 17.3. The van der Waals surface area contributed by atoms with Crippen molar-refractivity contribution in [3.8, 4) is 0 Å². The molecule has 2 heterocycles. The van der Waals surface area contributed by atoms with E-state index in [0.717, 1.165) is 37.8 Å². The molecule has 27 heavy (non-hydrogen) atoms. The predicted molar refractivity (Wildman–Crippen MR) is 105 cm³/mol. The molecule has 0 radical (unpaired) electrons. The molecule has 1 saturated carbocycles. The number of aromatic nitrogens is 1.